The first kappa shape index (κ1) is 23.1. The van der Waals surface area contributed by atoms with Crippen molar-refractivity contribution in [3.63, 3.8) is 0 Å². The van der Waals surface area contributed by atoms with Gasteiger partial charge in [0.15, 0.2) is 9.84 Å². The largest absolute Gasteiger partial charge is 0.474 e. The van der Waals surface area contributed by atoms with Crippen LogP contribution in [0.5, 0.6) is 5.88 Å². The van der Waals surface area contributed by atoms with E-state index in [1.54, 1.807) is 18.5 Å². The van der Waals surface area contributed by atoms with E-state index < -0.39 is 27.2 Å². The maximum Gasteiger partial charge on any atom is 0.237 e. The summed E-state index contributed by atoms with van der Waals surface area (Å²) in [6.45, 7) is 3.23. The van der Waals surface area contributed by atoms with Crippen LogP contribution in [-0.2, 0) is 21.4 Å². The molecule has 0 saturated heterocycles. The van der Waals surface area contributed by atoms with Gasteiger partial charge in [0.25, 0.3) is 0 Å². The van der Waals surface area contributed by atoms with Crippen molar-refractivity contribution in [2.45, 2.75) is 18.5 Å². The average molecular weight is 497 g/mol. The molecule has 1 atom stereocenters. The molecule has 6 N–H and O–H groups in total. The van der Waals surface area contributed by atoms with Crippen molar-refractivity contribution in [2.24, 2.45) is 10.7 Å². The summed E-state index contributed by atoms with van der Waals surface area (Å²) in [7, 11) is -3.39. The molecule has 3 heterocycles. The Bertz CT molecular complexity index is 1490. The van der Waals surface area contributed by atoms with Gasteiger partial charge in [-0.25, -0.2) is 22.8 Å². The van der Waals surface area contributed by atoms with Crippen LogP contribution in [0.2, 0.25) is 0 Å². The van der Waals surface area contributed by atoms with Crippen molar-refractivity contribution >= 4 is 33.1 Å². The molecule has 3 aromatic rings. The highest BCUT2D eigenvalue weighted by Gasteiger charge is 2.32. The van der Waals surface area contributed by atoms with Crippen molar-refractivity contribution in [1.29, 1.82) is 0 Å². The number of ether oxygens (including phenoxy) is 1. The number of fused-ring (bicyclic) bond motifs is 2. The van der Waals surface area contributed by atoms with E-state index >= 15 is 0 Å². The maximum atomic E-state index is 14.7. The van der Waals surface area contributed by atoms with Crippen LogP contribution < -0.4 is 26.8 Å². The molecule has 11 heteroatoms. The molecule has 35 heavy (non-hydrogen) atoms. The standard InChI is InChI=1S/C24H25FN6O3S/c1-13-17(10-29-23-22(13)28-5-6-34-23)15-7-20(26)18-11-30-24(27,31-21(18)8-15)16-4-3-14(19(25)9-16)12-35(2,32)33/h3-4,7-11,28,31H,5-6,12,26-27H2,1-2H3. The summed E-state index contributed by atoms with van der Waals surface area (Å²) in [5, 5.41) is 6.50. The number of nitrogens with one attached hydrogen (secondary N) is 2. The zero-order chi connectivity index (χ0) is 25.0. The van der Waals surface area contributed by atoms with Crippen molar-refractivity contribution in [3.8, 4) is 17.0 Å². The van der Waals surface area contributed by atoms with Crippen molar-refractivity contribution < 1.29 is 17.5 Å². The lowest BCUT2D eigenvalue weighted by molar-refractivity contribution is 0.310. The van der Waals surface area contributed by atoms with E-state index in [1.165, 1.54) is 12.1 Å². The number of aliphatic imine (C=N–C) groups is 1. The molecular weight excluding hydrogens is 471 g/mol. The molecule has 2 aliphatic heterocycles. The number of halogens is 1. The predicted molar refractivity (Wildman–Crippen MR) is 135 cm³/mol. The number of anilines is 3. The minimum absolute atomic E-state index is 0.0690. The lowest BCUT2D eigenvalue weighted by Gasteiger charge is -2.33. The van der Waals surface area contributed by atoms with Crippen molar-refractivity contribution in [2.75, 3.05) is 35.8 Å². The summed E-state index contributed by atoms with van der Waals surface area (Å²) in [6, 6.07) is 7.92. The Balaban J connectivity index is 1.52. The van der Waals surface area contributed by atoms with Gasteiger partial charge < -0.3 is 21.1 Å². The van der Waals surface area contributed by atoms with Crippen LogP contribution in [0.15, 0.2) is 41.5 Å². The molecule has 0 saturated carbocycles. The fourth-order valence-corrected chi connectivity index (χ4v) is 5.12. The molecule has 1 unspecified atom stereocenters. The van der Waals surface area contributed by atoms with Crippen molar-refractivity contribution in [3.05, 3.63) is 64.6 Å². The van der Waals surface area contributed by atoms with Gasteiger partial charge in [-0.15, -0.1) is 0 Å². The topological polar surface area (TPSA) is 145 Å². The Morgan fingerprint density at radius 1 is 1.26 bits per heavy atom. The summed E-state index contributed by atoms with van der Waals surface area (Å²) in [6.07, 6.45) is 4.35. The van der Waals surface area contributed by atoms with E-state index in [1.807, 2.05) is 19.1 Å². The number of rotatable bonds is 4. The predicted octanol–water partition coefficient (Wildman–Crippen LogP) is 2.74. The molecule has 0 aliphatic carbocycles. The van der Waals surface area contributed by atoms with Gasteiger partial charge in [0.2, 0.25) is 11.7 Å². The van der Waals surface area contributed by atoms with E-state index in [9.17, 15) is 12.8 Å². The molecule has 2 aliphatic rings. The molecule has 0 fully saturated rings. The van der Waals surface area contributed by atoms with E-state index in [0.29, 0.717) is 41.5 Å². The Morgan fingerprint density at radius 3 is 2.80 bits per heavy atom. The summed E-state index contributed by atoms with van der Waals surface area (Å²) in [5.74, 6) is -1.97. The fraction of sp³-hybridized carbons (Fsp3) is 0.250. The van der Waals surface area contributed by atoms with Gasteiger partial charge in [-0.05, 0) is 36.2 Å². The molecule has 0 spiro atoms. The molecule has 9 nitrogen and oxygen atoms in total. The lowest BCUT2D eigenvalue weighted by Crippen LogP contribution is -2.45. The Labute approximate surface area is 202 Å². The van der Waals surface area contributed by atoms with Crippen LogP contribution in [0.1, 0.15) is 22.3 Å². The van der Waals surface area contributed by atoms with Gasteiger partial charge in [0.1, 0.15) is 18.1 Å². The number of nitrogens with two attached hydrogens (primary N) is 2. The second kappa shape index (κ2) is 8.21. The van der Waals surface area contributed by atoms with Crippen LogP contribution in [0.4, 0.5) is 21.5 Å². The Hall–Kier alpha value is -3.70. The van der Waals surface area contributed by atoms with Gasteiger partial charge in [-0.2, -0.15) is 0 Å². The number of benzene rings is 2. The second-order valence-electron chi connectivity index (χ2n) is 8.80. The monoisotopic (exact) mass is 496 g/mol. The summed E-state index contributed by atoms with van der Waals surface area (Å²) in [5.41, 5.74) is 18.6. The van der Waals surface area contributed by atoms with Crippen molar-refractivity contribution in [1.82, 2.24) is 4.98 Å². The number of hydrogen-bond acceptors (Lipinski definition) is 9. The molecule has 182 valence electrons. The first-order valence-electron chi connectivity index (χ1n) is 10.9. The lowest BCUT2D eigenvalue weighted by atomic mass is 9.96. The Kier molecular flexibility index (Phi) is 5.41. The summed E-state index contributed by atoms with van der Waals surface area (Å²) in [4.78, 5) is 8.83. The number of nitrogens with zero attached hydrogens (tertiary/aromatic N) is 2. The maximum absolute atomic E-state index is 14.7. The first-order chi connectivity index (χ1) is 16.5. The third-order valence-corrected chi connectivity index (χ3v) is 6.94. The molecule has 5 rings (SSSR count). The van der Waals surface area contributed by atoms with Gasteiger partial charge >= 0.3 is 0 Å². The number of hydrogen-bond donors (Lipinski definition) is 4. The normalized spacial score (nSPS) is 18.6. The molecule has 0 radical (unpaired) electrons. The van der Waals surface area contributed by atoms with E-state index in [4.69, 9.17) is 16.2 Å². The third-order valence-electron chi connectivity index (χ3n) is 6.10. The molecule has 1 aromatic heterocycles. The molecular formula is C24H25FN6O3S. The number of pyridine rings is 1. The number of sulfone groups is 1. The smallest absolute Gasteiger partial charge is 0.237 e. The van der Waals surface area contributed by atoms with E-state index in [2.05, 4.69) is 20.6 Å². The third kappa shape index (κ3) is 4.28. The number of nitrogen functional groups attached to an aromatic ring is 1. The zero-order valence-electron chi connectivity index (χ0n) is 19.2. The van der Waals surface area contributed by atoms with Gasteiger partial charge in [0.05, 0.1) is 5.75 Å². The second-order valence-corrected chi connectivity index (χ2v) is 10.9. The first-order valence-corrected chi connectivity index (χ1v) is 13.0. The highest BCUT2D eigenvalue weighted by molar-refractivity contribution is 7.89. The van der Waals surface area contributed by atoms with Gasteiger partial charge in [-0.1, -0.05) is 12.1 Å². The highest BCUT2D eigenvalue weighted by atomic mass is 32.2. The van der Waals surface area contributed by atoms with Crippen LogP contribution in [0.25, 0.3) is 11.1 Å². The highest BCUT2D eigenvalue weighted by Crippen LogP contribution is 2.40. The average Bonchev–Trinajstić information content (AvgIpc) is 2.79. The van der Waals surface area contributed by atoms with Crippen LogP contribution in [0.3, 0.4) is 0 Å². The van der Waals surface area contributed by atoms with Crippen LogP contribution >= 0.6 is 0 Å². The molecule has 0 amide bonds. The number of aromatic nitrogens is 1. The fourth-order valence-electron chi connectivity index (χ4n) is 4.33. The van der Waals surface area contributed by atoms with E-state index in [0.717, 1.165) is 28.6 Å². The van der Waals surface area contributed by atoms with E-state index in [-0.39, 0.29) is 5.56 Å². The molecule has 2 aromatic carbocycles. The zero-order valence-corrected chi connectivity index (χ0v) is 20.0. The summed E-state index contributed by atoms with van der Waals surface area (Å²) >= 11 is 0. The molecule has 0 bridgehead atoms. The minimum atomic E-state index is -3.39. The van der Waals surface area contributed by atoms with Crippen LogP contribution in [0, 0.1) is 12.7 Å². The minimum Gasteiger partial charge on any atom is -0.474 e. The van der Waals surface area contributed by atoms with Gasteiger partial charge in [0, 0.05) is 58.8 Å². The quantitative estimate of drug-likeness (QED) is 0.404. The van der Waals surface area contributed by atoms with Crippen LogP contribution in [-0.4, -0.2) is 39.0 Å². The Morgan fingerprint density at radius 2 is 2.06 bits per heavy atom. The summed E-state index contributed by atoms with van der Waals surface area (Å²) < 4.78 is 43.5. The van der Waals surface area contributed by atoms with Gasteiger partial charge in [-0.3, -0.25) is 5.73 Å². The SMILES string of the molecule is Cc1c(-c2cc(N)c3c(c2)NC(N)(c2ccc(CS(C)(=O)=O)c(F)c2)N=C3)cnc2c1NCCO2.